The lowest BCUT2D eigenvalue weighted by molar-refractivity contribution is -0.112. The fourth-order valence-corrected chi connectivity index (χ4v) is 1.51. The van der Waals surface area contributed by atoms with Gasteiger partial charge in [0.1, 0.15) is 0 Å². The molecule has 1 aromatic rings. The van der Waals surface area contributed by atoms with Crippen LogP contribution in [-0.2, 0) is 11.2 Å². The van der Waals surface area contributed by atoms with Crippen LogP contribution in [0.4, 0.5) is 0 Å². The Morgan fingerprint density at radius 3 is 2.47 bits per heavy atom. The van der Waals surface area contributed by atoms with Crippen LogP contribution in [0.15, 0.2) is 24.3 Å². The summed E-state index contributed by atoms with van der Waals surface area (Å²) < 4.78 is 0. The number of ketones is 1. The SMILES string of the molecule is CC(=S)C(=O)CCCc1ccc(Cl)cc1. The van der Waals surface area contributed by atoms with Crippen LogP contribution in [0, 0.1) is 0 Å². The third kappa shape index (κ3) is 4.54. The van der Waals surface area contributed by atoms with Gasteiger partial charge in [0, 0.05) is 11.4 Å². The van der Waals surface area contributed by atoms with Crippen molar-refractivity contribution in [1.82, 2.24) is 0 Å². The molecule has 0 heterocycles. The highest BCUT2D eigenvalue weighted by molar-refractivity contribution is 7.82. The topological polar surface area (TPSA) is 17.1 Å². The monoisotopic (exact) mass is 240 g/mol. The van der Waals surface area contributed by atoms with Gasteiger partial charge in [-0.15, -0.1) is 0 Å². The number of hydrogen-bond donors (Lipinski definition) is 0. The molecule has 0 atom stereocenters. The Hall–Kier alpha value is -0.730. The third-order valence-electron chi connectivity index (χ3n) is 2.18. The number of hydrogen-bond acceptors (Lipinski definition) is 2. The van der Waals surface area contributed by atoms with Gasteiger partial charge in [-0.2, -0.15) is 0 Å². The number of rotatable bonds is 5. The fraction of sp³-hybridized carbons (Fsp3) is 0.333. The van der Waals surface area contributed by atoms with Crippen molar-refractivity contribution < 1.29 is 4.79 Å². The molecule has 0 saturated heterocycles. The van der Waals surface area contributed by atoms with Gasteiger partial charge in [-0.3, -0.25) is 4.79 Å². The Kier molecular flexibility index (Phi) is 4.92. The first-order valence-corrected chi connectivity index (χ1v) is 5.66. The summed E-state index contributed by atoms with van der Waals surface area (Å²) in [5.41, 5.74) is 1.20. The molecular weight excluding hydrogens is 228 g/mol. The van der Waals surface area contributed by atoms with Gasteiger partial charge >= 0.3 is 0 Å². The van der Waals surface area contributed by atoms with E-state index in [9.17, 15) is 4.79 Å². The first-order chi connectivity index (χ1) is 7.09. The molecule has 0 spiro atoms. The minimum absolute atomic E-state index is 0.0824. The first kappa shape index (κ1) is 12.3. The minimum Gasteiger partial charge on any atom is -0.294 e. The number of aryl methyl sites for hydroxylation is 1. The lowest BCUT2D eigenvalue weighted by atomic mass is 10.1. The summed E-state index contributed by atoms with van der Waals surface area (Å²) in [5, 5.41) is 0.740. The molecule has 0 aliphatic carbocycles. The van der Waals surface area contributed by atoms with E-state index in [0.29, 0.717) is 11.3 Å². The highest BCUT2D eigenvalue weighted by Gasteiger charge is 2.03. The van der Waals surface area contributed by atoms with Crippen LogP contribution in [0.2, 0.25) is 5.02 Å². The molecule has 1 rings (SSSR count). The number of Topliss-reactive ketones (excluding diaryl/α,β-unsaturated/α-hetero) is 1. The molecule has 0 aliphatic rings. The maximum atomic E-state index is 11.2. The van der Waals surface area contributed by atoms with E-state index in [-0.39, 0.29) is 5.78 Å². The van der Waals surface area contributed by atoms with E-state index < -0.39 is 0 Å². The van der Waals surface area contributed by atoms with Gasteiger partial charge in [0.15, 0.2) is 5.78 Å². The molecule has 1 nitrogen and oxygen atoms in total. The van der Waals surface area contributed by atoms with Crippen molar-refractivity contribution in [3.05, 3.63) is 34.9 Å². The lowest BCUT2D eigenvalue weighted by Gasteiger charge is -2.00. The third-order valence-corrected chi connectivity index (χ3v) is 2.65. The molecule has 0 saturated carbocycles. The lowest BCUT2D eigenvalue weighted by Crippen LogP contribution is -2.06. The second kappa shape index (κ2) is 5.99. The van der Waals surface area contributed by atoms with E-state index in [1.54, 1.807) is 6.92 Å². The van der Waals surface area contributed by atoms with Crippen LogP contribution < -0.4 is 0 Å². The van der Waals surface area contributed by atoms with E-state index in [2.05, 4.69) is 0 Å². The molecule has 0 aliphatic heterocycles. The molecule has 80 valence electrons. The van der Waals surface area contributed by atoms with Gasteiger partial charge in [0.25, 0.3) is 0 Å². The largest absolute Gasteiger partial charge is 0.294 e. The minimum atomic E-state index is 0.0824. The summed E-state index contributed by atoms with van der Waals surface area (Å²) in [6.45, 7) is 1.68. The van der Waals surface area contributed by atoms with Crippen molar-refractivity contribution in [2.75, 3.05) is 0 Å². The Morgan fingerprint density at radius 1 is 1.33 bits per heavy atom. The van der Waals surface area contributed by atoms with E-state index in [0.717, 1.165) is 17.9 Å². The Labute approximate surface area is 100 Å². The second-order valence-electron chi connectivity index (χ2n) is 3.46. The van der Waals surface area contributed by atoms with Gasteiger partial charge in [-0.25, -0.2) is 0 Å². The van der Waals surface area contributed by atoms with E-state index >= 15 is 0 Å². The van der Waals surface area contributed by atoms with Gasteiger partial charge in [0.2, 0.25) is 0 Å². The van der Waals surface area contributed by atoms with E-state index in [1.807, 2.05) is 24.3 Å². The highest BCUT2D eigenvalue weighted by Crippen LogP contribution is 2.11. The van der Waals surface area contributed by atoms with E-state index in [1.165, 1.54) is 5.56 Å². The maximum absolute atomic E-state index is 11.2. The van der Waals surface area contributed by atoms with Gasteiger partial charge in [0.05, 0.1) is 4.86 Å². The van der Waals surface area contributed by atoms with Crippen molar-refractivity contribution in [3.63, 3.8) is 0 Å². The van der Waals surface area contributed by atoms with Crippen molar-refractivity contribution in [2.24, 2.45) is 0 Å². The summed E-state index contributed by atoms with van der Waals surface area (Å²) in [6, 6.07) is 7.69. The predicted octanol–water partition coefficient (Wildman–Crippen LogP) is 3.62. The zero-order valence-electron chi connectivity index (χ0n) is 8.63. The zero-order chi connectivity index (χ0) is 11.3. The molecule has 0 fully saturated rings. The first-order valence-electron chi connectivity index (χ1n) is 4.88. The van der Waals surface area contributed by atoms with Crippen molar-refractivity contribution in [2.45, 2.75) is 26.2 Å². The van der Waals surface area contributed by atoms with Crippen LogP contribution in [0.3, 0.4) is 0 Å². The van der Waals surface area contributed by atoms with Crippen LogP contribution in [-0.4, -0.2) is 10.6 Å². The smallest absolute Gasteiger partial charge is 0.169 e. The summed E-state index contributed by atoms with van der Waals surface area (Å²) in [4.78, 5) is 11.7. The van der Waals surface area contributed by atoms with Crippen LogP contribution in [0.1, 0.15) is 25.3 Å². The number of halogens is 1. The van der Waals surface area contributed by atoms with Gasteiger partial charge < -0.3 is 0 Å². The average Bonchev–Trinajstić information content (AvgIpc) is 2.20. The molecular formula is C12H13ClOS. The molecule has 0 unspecified atom stereocenters. The molecule has 0 bridgehead atoms. The molecule has 0 radical (unpaired) electrons. The van der Waals surface area contributed by atoms with Gasteiger partial charge in [-0.1, -0.05) is 36.0 Å². The molecule has 3 heteroatoms. The summed E-state index contributed by atoms with van der Waals surface area (Å²) in [7, 11) is 0. The Bertz CT molecular complexity index is 356. The number of carbonyl (C=O) groups excluding carboxylic acids is 1. The molecule has 0 aromatic heterocycles. The number of thiocarbonyl (C=S) groups is 1. The van der Waals surface area contributed by atoms with Crippen molar-refractivity contribution in [1.29, 1.82) is 0 Å². The molecule has 0 N–H and O–H groups in total. The van der Waals surface area contributed by atoms with Crippen molar-refractivity contribution >= 4 is 34.5 Å². The zero-order valence-corrected chi connectivity index (χ0v) is 10.2. The second-order valence-corrected chi connectivity index (χ2v) is 4.51. The fourth-order valence-electron chi connectivity index (χ4n) is 1.28. The molecule has 0 amide bonds. The quantitative estimate of drug-likeness (QED) is 0.732. The van der Waals surface area contributed by atoms with Crippen LogP contribution in [0.5, 0.6) is 0 Å². The predicted molar refractivity (Wildman–Crippen MR) is 67.7 cm³/mol. The summed E-state index contributed by atoms with van der Waals surface area (Å²) >= 11 is 10.6. The summed E-state index contributed by atoms with van der Waals surface area (Å²) in [5.74, 6) is 0.0824. The standard InChI is InChI=1S/C12H13ClOS/c1-9(15)12(14)4-2-3-10-5-7-11(13)8-6-10/h5-8H,2-4H2,1H3. The number of benzene rings is 1. The average molecular weight is 241 g/mol. The van der Waals surface area contributed by atoms with E-state index in [4.69, 9.17) is 23.8 Å². The molecule has 15 heavy (non-hydrogen) atoms. The van der Waals surface area contributed by atoms with Crippen LogP contribution >= 0.6 is 23.8 Å². The Balaban J connectivity index is 2.35. The maximum Gasteiger partial charge on any atom is 0.169 e. The van der Waals surface area contributed by atoms with Crippen molar-refractivity contribution in [3.8, 4) is 0 Å². The Morgan fingerprint density at radius 2 is 1.93 bits per heavy atom. The number of carbonyl (C=O) groups is 1. The summed E-state index contributed by atoms with van der Waals surface area (Å²) in [6.07, 6.45) is 2.28. The normalized spacial score (nSPS) is 10.0. The highest BCUT2D eigenvalue weighted by atomic mass is 35.5. The van der Waals surface area contributed by atoms with Crippen LogP contribution in [0.25, 0.3) is 0 Å². The molecule has 1 aromatic carbocycles. The van der Waals surface area contributed by atoms with Gasteiger partial charge in [-0.05, 0) is 37.5 Å².